The van der Waals surface area contributed by atoms with Gasteiger partial charge in [0.25, 0.3) is 10.0 Å². The summed E-state index contributed by atoms with van der Waals surface area (Å²) in [6.45, 7) is 0. The van der Waals surface area contributed by atoms with E-state index >= 15 is 0 Å². The lowest BCUT2D eigenvalue weighted by atomic mass is 9.85. The van der Waals surface area contributed by atoms with Crippen molar-refractivity contribution in [2.45, 2.75) is 36.8 Å². The van der Waals surface area contributed by atoms with Gasteiger partial charge in [0.05, 0.1) is 12.2 Å². The molecule has 1 aliphatic carbocycles. The molecule has 2 N–H and O–H groups in total. The number of carbonyl (C=O) groups is 1. The van der Waals surface area contributed by atoms with Crippen molar-refractivity contribution < 1.29 is 18.3 Å². The number of carboxylic acid groups (broad SMARTS) is 1. The van der Waals surface area contributed by atoms with Crippen LogP contribution < -0.4 is 4.72 Å². The number of aromatic nitrogens is 2. The predicted molar refractivity (Wildman–Crippen MR) is 66.9 cm³/mol. The lowest BCUT2D eigenvalue weighted by Gasteiger charge is -2.28. The Labute approximate surface area is 111 Å². The minimum absolute atomic E-state index is 0.0790. The normalized spacial score (nSPS) is 24.3. The second-order valence-corrected chi connectivity index (χ2v) is 6.50. The fourth-order valence-corrected chi connectivity index (χ4v) is 3.65. The van der Waals surface area contributed by atoms with E-state index in [0.717, 1.165) is 12.8 Å². The highest BCUT2D eigenvalue weighted by Crippen LogP contribution is 2.25. The molecule has 2 atom stereocenters. The lowest BCUT2D eigenvalue weighted by molar-refractivity contribution is -0.143. The Kier molecular flexibility index (Phi) is 3.91. The van der Waals surface area contributed by atoms with Crippen LogP contribution in [0.2, 0.25) is 0 Å². The smallest absolute Gasteiger partial charge is 0.308 e. The van der Waals surface area contributed by atoms with Crippen LogP contribution in [0, 0.1) is 5.92 Å². The van der Waals surface area contributed by atoms with Crippen LogP contribution in [0.3, 0.4) is 0 Å². The molecule has 0 spiro atoms. The Morgan fingerprint density at radius 2 is 2.16 bits per heavy atom. The largest absolute Gasteiger partial charge is 0.481 e. The van der Waals surface area contributed by atoms with E-state index < -0.39 is 28.0 Å². The highest BCUT2D eigenvalue weighted by Gasteiger charge is 2.34. The number of nitrogens with zero attached hydrogens (tertiary/aromatic N) is 2. The fraction of sp³-hybridized carbons (Fsp3) is 0.636. The van der Waals surface area contributed by atoms with Crippen LogP contribution in [0.4, 0.5) is 0 Å². The third-order valence-corrected chi connectivity index (χ3v) is 4.72. The van der Waals surface area contributed by atoms with E-state index in [0.29, 0.717) is 12.8 Å². The van der Waals surface area contributed by atoms with Gasteiger partial charge in [-0.25, -0.2) is 18.1 Å². The van der Waals surface area contributed by atoms with Gasteiger partial charge in [0.2, 0.25) is 0 Å². The third-order valence-electron chi connectivity index (χ3n) is 3.35. The molecule has 0 bridgehead atoms. The SMILES string of the molecule is Cn1cnc(S(=O)(=O)NC2CCCCC2C(=O)O)c1. The van der Waals surface area contributed by atoms with Crippen LogP contribution in [0.15, 0.2) is 17.6 Å². The zero-order valence-corrected chi connectivity index (χ0v) is 11.4. The molecule has 2 unspecified atom stereocenters. The first kappa shape index (κ1) is 14.0. The predicted octanol–water partition coefficient (Wildman–Crippen LogP) is 0.342. The lowest BCUT2D eigenvalue weighted by Crippen LogP contribution is -2.45. The number of aryl methyl sites for hydroxylation is 1. The maximum absolute atomic E-state index is 12.1. The minimum Gasteiger partial charge on any atom is -0.481 e. The fourth-order valence-electron chi connectivity index (χ4n) is 2.35. The van der Waals surface area contributed by atoms with Crippen LogP contribution in [0.5, 0.6) is 0 Å². The summed E-state index contributed by atoms with van der Waals surface area (Å²) in [5.41, 5.74) is 0. The molecule has 7 nitrogen and oxygen atoms in total. The zero-order chi connectivity index (χ0) is 14.0. The number of hydrogen-bond donors (Lipinski definition) is 2. The van der Waals surface area contributed by atoms with Gasteiger partial charge >= 0.3 is 5.97 Å². The zero-order valence-electron chi connectivity index (χ0n) is 10.6. The highest BCUT2D eigenvalue weighted by molar-refractivity contribution is 7.89. The summed E-state index contributed by atoms with van der Waals surface area (Å²) in [7, 11) is -2.08. The molecule has 106 valence electrons. The summed E-state index contributed by atoms with van der Waals surface area (Å²) in [6.07, 6.45) is 5.48. The number of nitrogens with one attached hydrogen (secondary N) is 1. The van der Waals surface area contributed by atoms with Gasteiger partial charge in [-0.15, -0.1) is 0 Å². The molecule has 1 heterocycles. The molecule has 1 fully saturated rings. The molecule has 1 aromatic heterocycles. The van der Waals surface area contributed by atoms with Crippen molar-refractivity contribution in [3.05, 3.63) is 12.5 Å². The molecule has 19 heavy (non-hydrogen) atoms. The van der Waals surface area contributed by atoms with Crippen LogP contribution in [-0.4, -0.2) is 35.1 Å². The first-order chi connectivity index (χ1) is 8.90. The monoisotopic (exact) mass is 287 g/mol. The number of sulfonamides is 1. The molecular weight excluding hydrogens is 270 g/mol. The average Bonchev–Trinajstić information content (AvgIpc) is 2.76. The van der Waals surface area contributed by atoms with Gasteiger partial charge in [-0.2, -0.15) is 0 Å². The van der Waals surface area contributed by atoms with E-state index in [1.165, 1.54) is 17.1 Å². The number of rotatable bonds is 4. The van der Waals surface area contributed by atoms with Crippen LogP contribution >= 0.6 is 0 Å². The van der Waals surface area contributed by atoms with Crippen LogP contribution in [-0.2, 0) is 21.9 Å². The Bertz CT molecular complexity index is 566. The molecule has 2 rings (SSSR count). The summed E-state index contributed by atoms with van der Waals surface area (Å²) in [6, 6.07) is -0.557. The quantitative estimate of drug-likeness (QED) is 0.831. The van der Waals surface area contributed by atoms with E-state index in [1.54, 1.807) is 7.05 Å². The van der Waals surface area contributed by atoms with E-state index in [4.69, 9.17) is 5.11 Å². The van der Waals surface area contributed by atoms with Crippen molar-refractivity contribution in [1.29, 1.82) is 0 Å². The van der Waals surface area contributed by atoms with E-state index in [1.807, 2.05) is 0 Å². The molecule has 0 aliphatic heterocycles. The van der Waals surface area contributed by atoms with Crippen LogP contribution in [0.25, 0.3) is 0 Å². The molecule has 8 heteroatoms. The Balaban J connectivity index is 2.16. The van der Waals surface area contributed by atoms with E-state index in [-0.39, 0.29) is 5.03 Å². The maximum Gasteiger partial charge on any atom is 0.308 e. The van der Waals surface area contributed by atoms with Gasteiger partial charge in [0.1, 0.15) is 0 Å². The second-order valence-electron chi connectivity index (χ2n) is 4.83. The van der Waals surface area contributed by atoms with Gasteiger partial charge in [-0.3, -0.25) is 4.79 Å². The second kappa shape index (κ2) is 5.30. The summed E-state index contributed by atoms with van der Waals surface area (Å²) < 4.78 is 28.2. The van der Waals surface area contributed by atoms with Crippen molar-refractivity contribution >= 4 is 16.0 Å². The van der Waals surface area contributed by atoms with Gasteiger partial charge < -0.3 is 9.67 Å². The highest BCUT2D eigenvalue weighted by atomic mass is 32.2. The molecule has 0 aromatic carbocycles. The summed E-state index contributed by atoms with van der Waals surface area (Å²) >= 11 is 0. The van der Waals surface area contributed by atoms with Crippen molar-refractivity contribution in [2.24, 2.45) is 13.0 Å². The molecule has 1 saturated carbocycles. The molecule has 1 aromatic rings. The van der Waals surface area contributed by atoms with Gasteiger partial charge in [-0.1, -0.05) is 12.8 Å². The first-order valence-electron chi connectivity index (χ1n) is 6.13. The molecule has 0 radical (unpaired) electrons. The average molecular weight is 287 g/mol. The Morgan fingerprint density at radius 1 is 1.47 bits per heavy atom. The van der Waals surface area contributed by atoms with E-state index in [2.05, 4.69) is 9.71 Å². The van der Waals surface area contributed by atoms with Crippen molar-refractivity contribution in [2.75, 3.05) is 0 Å². The van der Waals surface area contributed by atoms with Crippen molar-refractivity contribution in [1.82, 2.24) is 14.3 Å². The molecular formula is C11H17N3O4S. The maximum atomic E-state index is 12.1. The molecule has 1 aliphatic rings. The van der Waals surface area contributed by atoms with Crippen LogP contribution in [0.1, 0.15) is 25.7 Å². The summed E-state index contributed by atoms with van der Waals surface area (Å²) in [4.78, 5) is 14.9. The number of hydrogen-bond acceptors (Lipinski definition) is 4. The topological polar surface area (TPSA) is 101 Å². The Morgan fingerprint density at radius 3 is 2.74 bits per heavy atom. The number of imidazole rings is 1. The summed E-state index contributed by atoms with van der Waals surface area (Å²) in [5.74, 6) is -1.61. The summed E-state index contributed by atoms with van der Waals surface area (Å²) in [5, 5.41) is 9.05. The van der Waals surface area contributed by atoms with Gasteiger partial charge in [0, 0.05) is 19.3 Å². The minimum atomic E-state index is -3.75. The molecule has 0 amide bonds. The van der Waals surface area contributed by atoms with Crippen molar-refractivity contribution in [3.63, 3.8) is 0 Å². The number of carboxylic acids is 1. The van der Waals surface area contributed by atoms with E-state index in [9.17, 15) is 13.2 Å². The van der Waals surface area contributed by atoms with Crippen molar-refractivity contribution in [3.8, 4) is 0 Å². The number of aliphatic carboxylic acids is 1. The molecule has 0 saturated heterocycles. The third kappa shape index (κ3) is 3.13. The van der Waals surface area contributed by atoms with Gasteiger partial charge in [0.15, 0.2) is 5.03 Å². The van der Waals surface area contributed by atoms with Gasteiger partial charge in [-0.05, 0) is 12.8 Å². The Hall–Kier alpha value is -1.41. The first-order valence-corrected chi connectivity index (χ1v) is 7.61. The standard InChI is InChI=1S/C11H17N3O4S/c1-14-6-10(12-7-14)19(17,18)13-9-5-3-2-4-8(9)11(15)16/h6-9,13H,2-5H2,1H3,(H,15,16).